The summed E-state index contributed by atoms with van der Waals surface area (Å²) in [7, 11) is 0. The lowest BCUT2D eigenvalue weighted by Crippen LogP contribution is -2.31. The molecule has 6 heteroatoms. The van der Waals surface area contributed by atoms with E-state index in [0.29, 0.717) is 11.1 Å². The van der Waals surface area contributed by atoms with E-state index in [9.17, 15) is 14.3 Å². The van der Waals surface area contributed by atoms with Gasteiger partial charge in [0, 0.05) is 4.90 Å². The number of halogens is 2. The molecule has 116 valence electrons. The molecular formula is C16H15ClFNO2S. The monoisotopic (exact) mass is 339 g/mol. The predicted octanol–water partition coefficient (Wildman–Crippen LogP) is 3.66. The van der Waals surface area contributed by atoms with Gasteiger partial charge in [-0.15, -0.1) is 11.8 Å². The zero-order valence-corrected chi connectivity index (χ0v) is 13.4. The fourth-order valence-corrected chi connectivity index (χ4v) is 2.74. The van der Waals surface area contributed by atoms with Crippen molar-refractivity contribution in [3.63, 3.8) is 0 Å². The minimum atomic E-state index is -0.700. The first-order valence-corrected chi connectivity index (χ1v) is 8.16. The first-order valence-electron chi connectivity index (χ1n) is 6.56. The lowest BCUT2D eigenvalue weighted by Gasteiger charge is -2.18. The van der Waals surface area contributed by atoms with Crippen LogP contribution >= 0.6 is 23.4 Å². The van der Waals surface area contributed by atoms with Crippen LogP contribution in [0.15, 0.2) is 47.4 Å². The van der Waals surface area contributed by atoms with Crippen molar-refractivity contribution >= 4 is 29.3 Å². The average molecular weight is 340 g/mol. The van der Waals surface area contributed by atoms with Crippen LogP contribution in [0.25, 0.3) is 0 Å². The third-order valence-electron chi connectivity index (χ3n) is 3.19. The second-order valence-electron chi connectivity index (χ2n) is 4.58. The van der Waals surface area contributed by atoms with Gasteiger partial charge in [0.15, 0.2) is 0 Å². The Labute approximate surface area is 137 Å². The molecule has 0 saturated carbocycles. The lowest BCUT2D eigenvalue weighted by atomic mass is 10.1. The third kappa shape index (κ3) is 3.80. The van der Waals surface area contributed by atoms with Gasteiger partial charge in [0.05, 0.1) is 23.2 Å². The van der Waals surface area contributed by atoms with Gasteiger partial charge in [0.25, 0.3) is 5.91 Å². The molecule has 22 heavy (non-hydrogen) atoms. The van der Waals surface area contributed by atoms with Crippen molar-refractivity contribution in [2.24, 2.45) is 0 Å². The minimum Gasteiger partial charge on any atom is -0.394 e. The molecule has 0 radical (unpaired) electrons. The molecule has 2 aromatic rings. The van der Waals surface area contributed by atoms with Crippen LogP contribution in [0.1, 0.15) is 22.0 Å². The molecular weight excluding hydrogens is 325 g/mol. The van der Waals surface area contributed by atoms with Crippen molar-refractivity contribution in [2.45, 2.75) is 10.9 Å². The second-order valence-corrected chi connectivity index (χ2v) is 5.84. The Morgan fingerprint density at radius 1 is 1.36 bits per heavy atom. The van der Waals surface area contributed by atoms with Gasteiger partial charge in [-0.05, 0) is 36.1 Å². The van der Waals surface area contributed by atoms with Crippen LogP contribution in [0, 0.1) is 5.82 Å². The summed E-state index contributed by atoms with van der Waals surface area (Å²) in [5.41, 5.74) is 0.974. The number of benzene rings is 2. The number of thioether (sulfide) groups is 1. The summed E-state index contributed by atoms with van der Waals surface area (Å²) >= 11 is 7.10. The molecule has 0 unspecified atom stereocenters. The van der Waals surface area contributed by atoms with E-state index in [-0.39, 0.29) is 17.5 Å². The highest BCUT2D eigenvalue weighted by Gasteiger charge is 2.18. The number of aliphatic hydroxyl groups is 1. The quantitative estimate of drug-likeness (QED) is 0.817. The van der Waals surface area contributed by atoms with Crippen molar-refractivity contribution in [2.75, 3.05) is 12.9 Å². The molecule has 2 aromatic carbocycles. The molecule has 0 spiro atoms. The number of hydrogen-bond acceptors (Lipinski definition) is 3. The summed E-state index contributed by atoms with van der Waals surface area (Å²) in [6, 6.07) is 10.7. The maximum absolute atomic E-state index is 13.5. The smallest absolute Gasteiger partial charge is 0.252 e. The molecule has 2 rings (SSSR count). The van der Waals surface area contributed by atoms with E-state index in [2.05, 4.69) is 5.32 Å². The van der Waals surface area contributed by atoms with Crippen molar-refractivity contribution in [3.05, 3.63) is 64.4 Å². The zero-order chi connectivity index (χ0) is 16.1. The topological polar surface area (TPSA) is 49.3 Å². The zero-order valence-electron chi connectivity index (χ0n) is 11.8. The Kier molecular flexibility index (Phi) is 5.83. The van der Waals surface area contributed by atoms with Crippen LogP contribution in [0.5, 0.6) is 0 Å². The first-order chi connectivity index (χ1) is 10.6. The number of carbonyl (C=O) groups excluding carboxylic acids is 1. The van der Waals surface area contributed by atoms with E-state index in [0.717, 1.165) is 4.90 Å². The normalized spacial score (nSPS) is 12.0. The van der Waals surface area contributed by atoms with Crippen LogP contribution < -0.4 is 5.32 Å². The Morgan fingerprint density at radius 3 is 2.73 bits per heavy atom. The van der Waals surface area contributed by atoms with Gasteiger partial charge in [-0.3, -0.25) is 4.79 Å². The maximum atomic E-state index is 13.5. The molecule has 0 aliphatic rings. The molecule has 1 amide bonds. The number of carbonyl (C=O) groups is 1. The maximum Gasteiger partial charge on any atom is 0.252 e. The van der Waals surface area contributed by atoms with Gasteiger partial charge in [-0.25, -0.2) is 4.39 Å². The molecule has 0 aliphatic carbocycles. The molecule has 0 heterocycles. The van der Waals surface area contributed by atoms with Crippen LogP contribution in [-0.2, 0) is 0 Å². The second kappa shape index (κ2) is 7.63. The minimum absolute atomic E-state index is 0.000468. The Morgan fingerprint density at radius 2 is 2.09 bits per heavy atom. The van der Waals surface area contributed by atoms with Gasteiger partial charge in [-0.1, -0.05) is 29.8 Å². The standard InChI is InChI=1S/C16H15ClFNO2S/c1-22-15-5-3-2-4-11(15)16(21)19-14(9-20)10-6-7-12(17)13(18)8-10/h2-8,14,20H,9H2,1H3,(H,19,21)/t14-/m0/s1. The van der Waals surface area contributed by atoms with E-state index in [1.165, 1.54) is 23.9 Å². The molecule has 0 bridgehead atoms. The Hall–Kier alpha value is -1.56. The highest BCUT2D eigenvalue weighted by molar-refractivity contribution is 7.98. The number of amides is 1. The van der Waals surface area contributed by atoms with Crippen molar-refractivity contribution in [3.8, 4) is 0 Å². The van der Waals surface area contributed by atoms with Crippen LogP contribution in [-0.4, -0.2) is 23.9 Å². The molecule has 0 saturated heterocycles. The molecule has 0 fully saturated rings. The molecule has 3 nitrogen and oxygen atoms in total. The largest absolute Gasteiger partial charge is 0.394 e. The van der Waals surface area contributed by atoms with Crippen LogP contribution in [0.2, 0.25) is 5.02 Å². The summed E-state index contributed by atoms with van der Waals surface area (Å²) in [4.78, 5) is 13.2. The van der Waals surface area contributed by atoms with Crippen LogP contribution in [0.3, 0.4) is 0 Å². The van der Waals surface area contributed by atoms with E-state index >= 15 is 0 Å². The van der Waals surface area contributed by atoms with E-state index in [1.807, 2.05) is 18.4 Å². The molecule has 0 aliphatic heterocycles. The van der Waals surface area contributed by atoms with Gasteiger partial charge in [0.1, 0.15) is 5.82 Å². The SMILES string of the molecule is CSc1ccccc1C(=O)N[C@@H](CO)c1ccc(Cl)c(F)c1. The first kappa shape index (κ1) is 16.8. The van der Waals surface area contributed by atoms with E-state index in [1.54, 1.807) is 18.2 Å². The number of aliphatic hydroxyl groups excluding tert-OH is 1. The molecule has 1 atom stereocenters. The van der Waals surface area contributed by atoms with E-state index in [4.69, 9.17) is 11.6 Å². The third-order valence-corrected chi connectivity index (χ3v) is 4.29. The fraction of sp³-hybridized carbons (Fsp3) is 0.188. The highest BCUT2D eigenvalue weighted by Crippen LogP contribution is 2.23. The molecule has 2 N–H and O–H groups in total. The summed E-state index contributed by atoms with van der Waals surface area (Å²) in [5.74, 6) is -0.907. The number of nitrogens with one attached hydrogen (secondary N) is 1. The Bertz CT molecular complexity index is 681. The van der Waals surface area contributed by atoms with Gasteiger partial charge in [-0.2, -0.15) is 0 Å². The van der Waals surface area contributed by atoms with Gasteiger partial charge < -0.3 is 10.4 Å². The van der Waals surface area contributed by atoms with Gasteiger partial charge >= 0.3 is 0 Å². The van der Waals surface area contributed by atoms with Gasteiger partial charge in [0.2, 0.25) is 0 Å². The summed E-state index contributed by atoms with van der Waals surface area (Å²) < 4.78 is 13.5. The Balaban J connectivity index is 2.22. The number of hydrogen-bond donors (Lipinski definition) is 2. The van der Waals surface area contributed by atoms with Crippen LogP contribution in [0.4, 0.5) is 4.39 Å². The van der Waals surface area contributed by atoms with Crippen molar-refractivity contribution < 1.29 is 14.3 Å². The molecule has 0 aromatic heterocycles. The summed E-state index contributed by atoms with van der Waals surface area (Å²) in [6.07, 6.45) is 1.88. The van der Waals surface area contributed by atoms with E-state index < -0.39 is 11.9 Å². The number of rotatable bonds is 5. The average Bonchev–Trinajstić information content (AvgIpc) is 2.55. The highest BCUT2D eigenvalue weighted by atomic mass is 35.5. The van der Waals surface area contributed by atoms with Crippen molar-refractivity contribution in [1.82, 2.24) is 5.32 Å². The summed E-state index contributed by atoms with van der Waals surface area (Å²) in [5, 5.41) is 12.2. The predicted molar refractivity (Wildman–Crippen MR) is 86.9 cm³/mol. The van der Waals surface area contributed by atoms with Crippen molar-refractivity contribution in [1.29, 1.82) is 0 Å². The fourth-order valence-electron chi connectivity index (χ4n) is 2.03. The summed E-state index contributed by atoms with van der Waals surface area (Å²) in [6.45, 7) is -0.339. The lowest BCUT2D eigenvalue weighted by molar-refractivity contribution is 0.0913.